The van der Waals surface area contributed by atoms with E-state index in [1.165, 1.54) is 78.1 Å². The van der Waals surface area contributed by atoms with E-state index in [1.54, 1.807) is 35.3 Å². The van der Waals surface area contributed by atoms with Gasteiger partial charge in [-0.1, -0.05) is 60.7 Å². The number of aromatic nitrogens is 4. The van der Waals surface area contributed by atoms with E-state index >= 15 is 0 Å². The van der Waals surface area contributed by atoms with Crippen molar-refractivity contribution in [3.8, 4) is 22.3 Å². The van der Waals surface area contributed by atoms with Crippen LogP contribution < -0.4 is 15.1 Å². The number of anilines is 2. The highest BCUT2D eigenvalue weighted by Crippen LogP contribution is 2.40. The summed E-state index contributed by atoms with van der Waals surface area (Å²) in [7, 11) is 0. The number of fused-ring (bicyclic) bond motifs is 2. The Hall–Kier alpha value is -4.00. The number of nitrogens with one attached hydrogen (secondary N) is 1. The van der Waals surface area contributed by atoms with Crippen LogP contribution >= 0.6 is 22.7 Å². The van der Waals surface area contributed by atoms with Gasteiger partial charge in [0.05, 0.1) is 10.8 Å². The van der Waals surface area contributed by atoms with Crippen LogP contribution in [0.15, 0.2) is 84.1 Å². The molecule has 3 aliphatic heterocycles. The summed E-state index contributed by atoms with van der Waals surface area (Å²) in [4.78, 5) is 28.2. The molecule has 4 aliphatic rings. The van der Waals surface area contributed by atoms with Gasteiger partial charge in [0.2, 0.25) is 0 Å². The number of hydrogen-bond donors (Lipinski definition) is 2. The molecule has 0 amide bonds. The van der Waals surface area contributed by atoms with E-state index in [0.29, 0.717) is 18.6 Å². The molecule has 56 heavy (non-hydrogen) atoms. The molecule has 3 saturated heterocycles. The van der Waals surface area contributed by atoms with Gasteiger partial charge >= 0.3 is 0 Å². The van der Waals surface area contributed by atoms with Crippen molar-refractivity contribution in [1.29, 1.82) is 0 Å². The van der Waals surface area contributed by atoms with Gasteiger partial charge in [0, 0.05) is 79.8 Å². The summed E-state index contributed by atoms with van der Waals surface area (Å²) in [6.45, 7) is 10.4. The van der Waals surface area contributed by atoms with E-state index in [9.17, 15) is 5.11 Å². The summed E-state index contributed by atoms with van der Waals surface area (Å²) < 4.78 is 0. The molecule has 2 atom stereocenters. The van der Waals surface area contributed by atoms with Crippen LogP contribution in [0.25, 0.3) is 42.7 Å². The van der Waals surface area contributed by atoms with Gasteiger partial charge in [-0.05, 0) is 87.3 Å². The lowest BCUT2D eigenvalue weighted by Crippen LogP contribution is -2.43. The third-order valence-electron chi connectivity index (χ3n) is 12.6. The van der Waals surface area contributed by atoms with Gasteiger partial charge in [-0.3, -0.25) is 0 Å². The van der Waals surface area contributed by atoms with Crippen molar-refractivity contribution in [2.45, 2.75) is 64.0 Å². The lowest BCUT2D eigenvalue weighted by Gasteiger charge is -2.36. The summed E-state index contributed by atoms with van der Waals surface area (Å²) in [5, 5.41) is 20.0. The highest BCUT2D eigenvalue weighted by Gasteiger charge is 2.31. The van der Waals surface area contributed by atoms with E-state index in [-0.39, 0.29) is 0 Å². The van der Waals surface area contributed by atoms with Crippen LogP contribution in [0.2, 0.25) is 0 Å². The zero-order valence-corrected chi connectivity index (χ0v) is 34.1. The van der Waals surface area contributed by atoms with Crippen molar-refractivity contribution < 1.29 is 5.11 Å². The quantitative estimate of drug-likeness (QED) is 0.142. The van der Waals surface area contributed by atoms with E-state index in [4.69, 9.17) is 9.97 Å². The van der Waals surface area contributed by atoms with Gasteiger partial charge in [0.1, 0.15) is 34.0 Å². The molecule has 7 heterocycles. The highest BCUT2D eigenvalue weighted by atomic mass is 32.1. The number of aliphatic hydroxyl groups excluding tert-OH is 1. The second-order valence-corrected chi connectivity index (χ2v) is 18.1. The first-order valence-electron chi connectivity index (χ1n) is 20.8. The van der Waals surface area contributed by atoms with E-state index in [0.717, 1.165) is 84.9 Å². The van der Waals surface area contributed by atoms with Crippen molar-refractivity contribution in [1.82, 2.24) is 30.2 Å². The van der Waals surface area contributed by atoms with Crippen LogP contribution in [-0.2, 0) is 0 Å². The topological polar surface area (TPSA) is 93.5 Å². The zero-order valence-electron chi connectivity index (χ0n) is 32.5. The molecule has 1 saturated carbocycles. The number of aliphatic hydroxyl groups is 1. The molecule has 4 aromatic heterocycles. The van der Waals surface area contributed by atoms with Crippen LogP contribution in [0.4, 0.5) is 11.6 Å². The Morgan fingerprint density at radius 2 is 1.18 bits per heavy atom. The van der Waals surface area contributed by atoms with Crippen molar-refractivity contribution in [3.05, 3.63) is 84.1 Å². The Morgan fingerprint density at radius 3 is 1.68 bits per heavy atom. The molecule has 0 bridgehead atoms. The smallest absolute Gasteiger partial charge is 0.141 e. The molecule has 2 unspecified atom stereocenters. The first-order valence-corrected chi connectivity index (χ1v) is 22.5. The van der Waals surface area contributed by atoms with Crippen LogP contribution in [0.3, 0.4) is 0 Å². The zero-order chi connectivity index (χ0) is 37.8. The number of benzene rings is 2. The maximum Gasteiger partial charge on any atom is 0.141 e. The normalized spacial score (nSPS) is 20.4. The number of thiophene rings is 2. The standard InChI is InChI=1S/C23H28N4OS.C22H26N4S/c28-14-18-6-9-26(13-18)12-17-7-10-27(11-8-17)22-21-20(19-4-2-1-3-5-19)15-29-23(21)25-16-24-22;1-15(25-18-7-8-18)16-9-11-26(12-10-16)21-20-19(17-5-3-2-4-6-17)13-27-22(20)24-14-23-21/h1-5,15-18,28H,6-14H2;2-6,13-16,18,25H,7-12H2,1H3. The molecule has 9 nitrogen and oxygen atoms in total. The third kappa shape index (κ3) is 8.34. The molecule has 1 aliphatic carbocycles. The largest absolute Gasteiger partial charge is 0.396 e. The maximum atomic E-state index is 9.38. The van der Waals surface area contributed by atoms with Crippen LogP contribution in [0.5, 0.6) is 0 Å². The molecule has 4 fully saturated rings. The minimum atomic E-state index is 0.336. The van der Waals surface area contributed by atoms with Gasteiger partial charge in [-0.15, -0.1) is 22.7 Å². The maximum absolute atomic E-state index is 9.38. The summed E-state index contributed by atoms with van der Waals surface area (Å²) in [6, 6.07) is 22.6. The Bertz CT molecular complexity index is 2170. The Kier molecular flexibility index (Phi) is 11.6. The van der Waals surface area contributed by atoms with Crippen molar-refractivity contribution in [2.24, 2.45) is 17.8 Å². The van der Waals surface area contributed by atoms with E-state index < -0.39 is 0 Å². The Labute approximate surface area is 338 Å². The first kappa shape index (κ1) is 37.6. The van der Waals surface area contributed by atoms with E-state index in [1.807, 2.05) is 0 Å². The fourth-order valence-electron chi connectivity index (χ4n) is 9.15. The predicted octanol–water partition coefficient (Wildman–Crippen LogP) is 8.60. The Morgan fingerprint density at radius 1 is 0.661 bits per heavy atom. The van der Waals surface area contributed by atoms with Crippen LogP contribution in [-0.4, -0.2) is 94.4 Å². The van der Waals surface area contributed by atoms with Gasteiger partial charge < -0.3 is 25.1 Å². The average molecular weight is 787 g/mol. The first-order chi connectivity index (χ1) is 27.6. The number of piperidine rings is 2. The van der Waals surface area contributed by atoms with Crippen LogP contribution in [0.1, 0.15) is 51.9 Å². The van der Waals surface area contributed by atoms with Crippen molar-refractivity contribution >= 4 is 54.7 Å². The van der Waals surface area contributed by atoms with Gasteiger partial charge in [-0.25, -0.2) is 19.9 Å². The van der Waals surface area contributed by atoms with Gasteiger partial charge in [-0.2, -0.15) is 0 Å². The number of nitrogens with zero attached hydrogens (tertiary/aromatic N) is 7. The monoisotopic (exact) mass is 786 g/mol. The second-order valence-electron chi connectivity index (χ2n) is 16.4. The summed E-state index contributed by atoms with van der Waals surface area (Å²) >= 11 is 3.42. The third-order valence-corrected chi connectivity index (χ3v) is 14.3. The SMILES string of the molecule is CC(NC1CC1)C1CCN(c2ncnc3scc(-c4ccccc4)c23)CC1.OCC1CCN(CC2CCN(c3ncnc4scc(-c5ccccc5)c34)CC2)C1. The lowest BCUT2D eigenvalue weighted by molar-refractivity contribution is 0.205. The number of rotatable bonds is 10. The molecule has 0 spiro atoms. The van der Waals surface area contributed by atoms with E-state index in [2.05, 4.69) is 108 Å². The second kappa shape index (κ2) is 17.2. The minimum absolute atomic E-state index is 0.336. The molecule has 11 heteroatoms. The van der Waals surface area contributed by atoms with Crippen molar-refractivity contribution in [2.75, 3.05) is 62.2 Å². The molecule has 0 radical (unpaired) electrons. The number of likely N-dealkylation sites (tertiary alicyclic amines) is 1. The molecular formula is C45H54N8OS2. The number of hydrogen-bond acceptors (Lipinski definition) is 11. The molecular weight excluding hydrogens is 733 g/mol. The fraction of sp³-hybridized carbons (Fsp3) is 0.467. The minimum Gasteiger partial charge on any atom is -0.396 e. The highest BCUT2D eigenvalue weighted by molar-refractivity contribution is 7.17. The molecule has 10 rings (SSSR count). The molecule has 2 N–H and O–H groups in total. The lowest BCUT2D eigenvalue weighted by atomic mass is 9.90. The summed E-state index contributed by atoms with van der Waals surface area (Å²) in [6.07, 6.45) is 12.2. The van der Waals surface area contributed by atoms with Gasteiger partial charge in [0.25, 0.3) is 0 Å². The fourth-order valence-corrected chi connectivity index (χ4v) is 11.0. The van der Waals surface area contributed by atoms with Crippen LogP contribution in [0, 0.1) is 17.8 Å². The predicted molar refractivity (Wildman–Crippen MR) is 233 cm³/mol. The molecule has 2 aromatic carbocycles. The molecule has 6 aromatic rings. The van der Waals surface area contributed by atoms with Crippen molar-refractivity contribution in [3.63, 3.8) is 0 Å². The summed E-state index contributed by atoms with van der Waals surface area (Å²) in [5.74, 6) is 4.21. The average Bonchev–Trinajstić information content (AvgIpc) is 3.58. The van der Waals surface area contributed by atoms with Gasteiger partial charge in [0.15, 0.2) is 0 Å². The summed E-state index contributed by atoms with van der Waals surface area (Å²) in [5.41, 5.74) is 4.99. The Balaban J connectivity index is 0.000000147. The molecule has 292 valence electrons.